The summed E-state index contributed by atoms with van der Waals surface area (Å²) in [5, 5.41) is 14.0. The molecule has 2 aromatic heterocycles. The molecule has 180 valence electrons. The molecular formula is C25H30N4O4S. The van der Waals surface area contributed by atoms with Crippen LogP contribution in [0, 0.1) is 12.8 Å². The Bertz CT molecular complexity index is 1300. The molecule has 0 aliphatic carbocycles. The molecule has 1 unspecified atom stereocenters. The summed E-state index contributed by atoms with van der Waals surface area (Å²) in [6.07, 6.45) is 4.16. The van der Waals surface area contributed by atoms with Crippen LogP contribution in [0.4, 0.5) is 0 Å². The Hall–Kier alpha value is -2.75. The molecule has 0 bridgehead atoms. The Labute approximate surface area is 199 Å². The van der Waals surface area contributed by atoms with Crippen molar-refractivity contribution in [1.29, 1.82) is 0 Å². The average molecular weight is 483 g/mol. The smallest absolute Gasteiger partial charge is 0.257 e. The van der Waals surface area contributed by atoms with E-state index in [1.54, 1.807) is 33.1 Å². The van der Waals surface area contributed by atoms with Gasteiger partial charge in [0.2, 0.25) is 10.0 Å². The van der Waals surface area contributed by atoms with Crippen LogP contribution in [0.5, 0.6) is 0 Å². The lowest BCUT2D eigenvalue weighted by Gasteiger charge is -2.31. The number of piperidine rings is 1. The van der Waals surface area contributed by atoms with Crippen LogP contribution in [-0.4, -0.2) is 71.0 Å². The summed E-state index contributed by atoms with van der Waals surface area (Å²) >= 11 is 0. The minimum absolute atomic E-state index is 0.0376. The van der Waals surface area contributed by atoms with E-state index in [1.165, 1.54) is 0 Å². The fraction of sp³-hybridized carbons (Fsp3) is 0.440. The van der Waals surface area contributed by atoms with Crippen molar-refractivity contribution in [2.24, 2.45) is 5.92 Å². The third-order valence-corrected chi connectivity index (χ3v) is 9.10. The fourth-order valence-electron chi connectivity index (χ4n) is 5.19. The van der Waals surface area contributed by atoms with Crippen LogP contribution in [0.25, 0.3) is 5.52 Å². The maximum absolute atomic E-state index is 13.3. The van der Waals surface area contributed by atoms with Gasteiger partial charge in [-0.1, -0.05) is 18.2 Å². The number of aliphatic hydroxyl groups is 1. The van der Waals surface area contributed by atoms with E-state index in [1.807, 2.05) is 36.2 Å². The van der Waals surface area contributed by atoms with Crippen LogP contribution in [0.2, 0.25) is 0 Å². The summed E-state index contributed by atoms with van der Waals surface area (Å²) in [7, 11) is -3.48. The van der Waals surface area contributed by atoms with Crippen molar-refractivity contribution in [3.63, 3.8) is 0 Å². The number of sulfonamides is 1. The number of benzene rings is 1. The lowest BCUT2D eigenvalue weighted by Crippen LogP contribution is -2.37. The van der Waals surface area contributed by atoms with Crippen LogP contribution in [-0.2, 0) is 10.0 Å². The van der Waals surface area contributed by atoms with Crippen molar-refractivity contribution in [2.75, 3.05) is 32.8 Å². The number of aromatic nitrogens is 2. The van der Waals surface area contributed by atoms with Crippen molar-refractivity contribution in [3.05, 3.63) is 65.5 Å². The molecule has 1 amide bonds. The van der Waals surface area contributed by atoms with Gasteiger partial charge in [0.15, 0.2) is 0 Å². The van der Waals surface area contributed by atoms with Gasteiger partial charge < -0.3 is 10.0 Å². The monoisotopic (exact) mass is 482 g/mol. The number of hydrogen-bond donors (Lipinski definition) is 1. The first kappa shape index (κ1) is 23.0. The highest BCUT2D eigenvalue weighted by Crippen LogP contribution is 2.32. The molecule has 0 spiro atoms. The number of amides is 1. The molecule has 1 aromatic carbocycles. The van der Waals surface area contributed by atoms with Crippen LogP contribution in [0.3, 0.4) is 0 Å². The molecule has 34 heavy (non-hydrogen) atoms. The van der Waals surface area contributed by atoms with E-state index in [0.29, 0.717) is 42.3 Å². The highest BCUT2D eigenvalue weighted by atomic mass is 32.2. The van der Waals surface area contributed by atoms with Crippen molar-refractivity contribution in [1.82, 2.24) is 18.8 Å². The lowest BCUT2D eigenvalue weighted by molar-refractivity contribution is 0.0783. The van der Waals surface area contributed by atoms with Crippen LogP contribution >= 0.6 is 0 Å². The largest absolute Gasteiger partial charge is 0.396 e. The van der Waals surface area contributed by atoms with Gasteiger partial charge >= 0.3 is 0 Å². The van der Waals surface area contributed by atoms with Gasteiger partial charge in [-0.05, 0) is 61.9 Å². The van der Waals surface area contributed by atoms with Gasteiger partial charge in [0, 0.05) is 44.9 Å². The standard InChI is InChI=1S/C25H30N4O4S/c1-18-24(25(31)27-11-7-19(16-27)17-30)23-15-21(10-14-29(23)26-18)20-8-12-28(13-9-20)34(32,33)22-5-3-2-4-6-22/h2-6,10,14-15,19-20,30H,7-9,11-13,16-17H2,1H3. The molecule has 1 atom stereocenters. The van der Waals surface area contributed by atoms with Gasteiger partial charge in [0.05, 0.1) is 21.7 Å². The van der Waals surface area contributed by atoms with Crippen LogP contribution in [0.1, 0.15) is 46.8 Å². The Kier molecular flexibility index (Phi) is 6.18. The average Bonchev–Trinajstić information content (AvgIpc) is 3.47. The number of aliphatic hydroxyl groups excluding tert-OH is 1. The van der Waals surface area contributed by atoms with Gasteiger partial charge in [0.1, 0.15) is 0 Å². The van der Waals surface area contributed by atoms with Gasteiger partial charge in [-0.25, -0.2) is 12.9 Å². The summed E-state index contributed by atoms with van der Waals surface area (Å²) < 4.78 is 29.2. The fourth-order valence-corrected chi connectivity index (χ4v) is 6.68. The zero-order valence-corrected chi connectivity index (χ0v) is 20.1. The highest BCUT2D eigenvalue weighted by molar-refractivity contribution is 7.89. The van der Waals surface area contributed by atoms with Crippen molar-refractivity contribution in [2.45, 2.75) is 37.0 Å². The lowest BCUT2D eigenvalue weighted by atomic mass is 9.90. The molecular weight excluding hydrogens is 452 g/mol. The quantitative estimate of drug-likeness (QED) is 0.603. The zero-order chi connectivity index (χ0) is 23.9. The van der Waals surface area contributed by atoms with E-state index >= 15 is 0 Å². The summed E-state index contributed by atoms with van der Waals surface area (Å²) in [6, 6.07) is 12.6. The molecule has 4 heterocycles. The Morgan fingerprint density at radius 2 is 1.82 bits per heavy atom. The number of rotatable bonds is 5. The van der Waals surface area contributed by atoms with E-state index in [9.17, 15) is 18.3 Å². The summed E-state index contributed by atoms with van der Waals surface area (Å²) in [4.78, 5) is 15.4. The third-order valence-electron chi connectivity index (χ3n) is 7.19. The predicted octanol–water partition coefficient (Wildman–Crippen LogP) is 2.67. The second kappa shape index (κ2) is 9.13. The number of aryl methyl sites for hydroxylation is 1. The number of likely N-dealkylation sites (tertiary alicyclic amines) is 1. The van der Waals surface area contributed by atoms with Crippen LogP contribution < -0.4 is 0 Å². The van der Waals surface area contributed by atoms with E-state index in [-0.39, 0.29) is 24.3 Å². The second-order valence-corrected chi connectivity index (χ2v) is 11.3. The minimum atomic E-state index is -3.48. The minimum Gasteiger partial charge on any atom is -0.396 e. The number of hydrogen-bond acceptors (Lipinski definition) is 5. The molecule has 8 nitrogen and oxygen atoms in total. The Morgan fingerprint density at radius 1 is 1.09 bits per heavy atom. The maximum Gasteiger partial charge on any atom is 0.257 e. The van der Waals surface area contributed by atoms with Crippen molar-refractivity contribution >= 4 is 21.4 Å². The zero-order valence-electron chi connectivity index (χ0n) is 19.3. The van der Waals surface area contributed by atoms with Crippen molar-refractivity contribution < 1.29 is 18.3 Å². The number of carbonyl (C=O) groups excluding carboxylic acids is 1. The molecule has 0 radical (unpaired) electrons. The number of pyridine rings is 1. The molecule has 1 N–H and O–H groups in total. The maximum atomic E-state index is 13.3. The van der Waals surface area contributed by atoms with Gasteiger partial charge in [-0.3, -0.25) is 4.79 Å². The molecule has 9 heteroatoms. The Morgan fingerprint density at radius 3 is 2.50 bits per heavy atom. The van der Waals surface area contributed by atoms with Gasteiger partial charge in [0.25, 0.3) is 5.91 Å². The molecule has 2 aliphatic rings. The first-order valence-electron chi connectivity index (χ1n) is 11.8. The SMILES string of the molecule is Cc1nn2ccc(C3CCN(S(=O)(=O)c4ccccc4)CC3)cc2c1C(=O)N1CCC(CO)C1. The Balaban J connectivity index is 1.35. The molecule has 2 fully saturated rings. The van der Waals surface area contributed by atoms with E-state index in [4.69, 9.17) is 0 Å². The van der Waals surface area contributed by atoms with Gasteiger partial charge in [-0.15, -0.1) is 0 Å². The van der Waals surface area contributed by atoms with E-state index in [2.05, 4.69) is 5.10 Å². The first-order valence-corrected chi connectivity index (χ1v) is 13.3. The normalized spacial score (nSPS) is 20.3. The number of nitrogens with zero attached hydrogens (tertiary/aromatic N) is 4. The molecule has 3 aromatic rings. The van der Waals surface area contributed by atoms with Crippen molar-refractivity contribution in [3.8, 4) is 0 Å². The summed E-state index contributed by atoms with van der Waals surface area (Å²) in [5.74, 6) is 0.319. The highest BCUT2D eigenvalue weighted by Gasteiger charge is 2.32. The van der Waals surface area contributed by atoms with Crippen LogP contribution in [0.15, 0.2) is 53.6 Å². The molecule has 2 saturated heterocycles. The number of carbonyl (C=O) groups is 1. The topological polar surface area (TPSA) is 95.2 Å². The summed E-state index contributed by atoms with van der Waals surface area (Å²) in [6.45, 7) is 4.10. The van der Waals surface area contributed by atoms with Gasteiger partial charge in [-0.2, -0.15) is 9.40 Å². The first-order chi connectivity index (χ1) is 16.4. The molecule has 0 saturated carbocycles. The predicted molar refractivity (Wildman–Crippen MR) is 128 cm³/mol. The summed E-state index contributed by atoms with van der Waals surface area (Å²) in [5.41, 5.74) is 3.20. The molecule has 5 rings (SSSR count). The second-order valence-electron chi connectivity index (χ2n) is 9.33. The van der Waals surface area contributed by atoms with E-state index < -0.39 is 10.0 Å². The van der Waals surface area contributed by atoms with E-state index in [0.717, 1.165) is 30.3 Å². The third kappa shape index (κ3) is 4.12. The molecule has 2 aliphatic heterocycles. The number of fused-ring (bicyclic) bond motifs is 1.